The van der Waals surface area contributed by atoms with Crippen LogP contribution in [0, 0.1) is 45.3 Å². The predicted molar refractivity (Wildman–Crippen MR) is 137 cm³/mol. The maximum absolute atomic E-state index is 11.9. The van der Waals surface area contributed by atoms with Crippen molar-refractivity contribution >= 4 is 0 Å². The minimum atomic E-state index is -1.07. The molecule has 3 saturated carbocycles. The van der Waals surface area contributed by atoms with Crippen LogP contribution in [-0.2, 0) is 0 Å². The third-order valence-electron chi connectivity index (χ3n) is 12.4. The van der Waals surface area contributed by atoms with Crippen LogP contribution in [0.4, 0.5) is 0 Å². The molecule has 4 aliphatic carbocycles. The second-order valence-electron chi connectivity index (χ2n) is 14.6. The maximum Gasteiger partial charge on any atom is 0.0849 e. The van der Waals surface area contributed by atoms with E-state index in [9.17, 15) is 20.4 Å². The topological polar surface area (TPSA) is 80.9 Å². The van der Waals surface area contributed by atoms with Gasteiger partial charge >= 0.3 is 0 Å². The van der Waals surface area contributed by atoms with Gasteiger partial charge in [-0.15, -0.1) is 0 Å². The maximum atomic E-state index is 11.9. The first-order valence-electron chi connectivity index (χ1n) is 14.0. The molecular weight excluding hydrogens is 424 g/mol. The summed E-state index contributed by atoms with van der Waals surface area (Å²) in [7, 11) is 0. The van der Waals surface area contributed by atoms with E-state index in [-0.39, 0.29) is 33.9 Å². The second-order valence-corrected chi connectivity index (χ2v) is 14.6. The highest BCUT2D eigenvalue weighted by Gasteiger charge is 2.70. The van der Waals surface area contributed by atoms with Crippen molar-refractivity contribution in [3.05, 3.63) is 11.6 Å². The Kier molecular flexibility index (Phi) is 6.50. The lowest BCUT2D eigenvalue weighted by atomic mass is 9.38. The SMILES string of the molecule is C[C@H](CC[C@H](O)C(C)(C)O)[C@@H]1CC[C@]2(C)[C@@H]3CC=C4[C@H](CC[C@H](O)C4(C)C)[C@]3(C)[C@@H](O)C[C@]12C. The van der Waals surface area contributed by atoms with Crippen molar-refractivity contribution in [1.29, 1.82) is 0 Å². The van der Waals surface area contributed by atoms with Crippen molar-refractivity contribution in [2.24, 2.45) is 45.3 Å². The standard InChI is InChI=1S/C30H52O4/c1-18(9-13-24(32)27(4,5)34)19-15-16-28(6)22-12-10-20-21(11-14-23(31)26(20,2)3)30(22,8)25(33)17-29(19,28)7/h10,18-19,21-25,31-34H,9,11-17H2,1-8H3/t18-,19+,21+,22+,23+,24+,25+,28-,29-,30+/m1/s1. The highest BCUT2D eigenvalue weighted by molar-refractivity contribution is 5.31. The van der Waals surface area contributed by atoms with Crippen LogP contribution >= 0.6 is 0 Å². The summed E-state index contributed by atoms with van der Waals surface area (Å²) in [4.78, 5) is 0. The molecule has 0 spiro atoms. The lowest BCUT2D eigenvalue weighted by Crippen LogP contribution is -2.64. The molecule has 0 bridgehead atoms. The van der Waals surface area contributed by atoms with Crippen LogP contribution < -0.4 is 0 Å². The zero-order valence-electron chi connectivity index (χ0n) is 23.1. The first kappa shape index (κ1) is 26.6. The second kappa shape index (κ2) is 8.30. The Labute approximate surface area is 208 Å². The Bertz CT molecular complexity index is 811. The van der Waals surface area contributed by atoms with Gasteiger partial charge in [0, 0.05) is 10.8 Å². The Balaban J connectivity index is 1.63. The molecular formula is C30H52O4. The molecule has 0 radical (unpaired) electrons. The fourth-order valence-corrected chi connectivity index (χ4v) is 9.64. The van der Waals surface area contributed by atoms with Gasteiger partial charge in [0.05, 0.1) is 23.9 Å². The Morgan fingerprint density at radius 2 is 1.62 bits per heavy atom. The minimum absolute atomic E-state index is 0.0603. The van der Waals surface area contributed by atoms with Crippen molar-refractivity contribution in [2.75, 3.05) is 0 Å². The van der Waals surface area contributed by atoms with Gasteiger partial charge in [0.2, 0.25) is 0 Å². The summed E-state index contributed by atoms with van der Waals surface area (Å²) in [5.41, 5.74) is 0.184. The minimum Gasteiger partial charge on any atom is -0.393 e. The molecule has 0 aromatic rings. The molecule has 0 aromatic heterocycles. The van der Waals surface area contributed by atoms with Gasteiger partial charge < -0.3 is 20.4 Å². The highest BCUT2D eigenvalue weighted by atomic mass is 16.3. The average Bonchev–Trinajstić information content (AvgIpc) is 2.99. The van der Waals surface area contributed by atoms with E-state index in [1.165, 1.54) is 18.4 Å². The van der Waals surface area contributed by atoms with Gasteiger partial charge in [-0.1, -0.05) is 53.2 Å². The van der Waals surface area contributed by atoms with E-state index < -0.39 is 11.7 Å². The van der Waals surface area contributed by atoms with Gasteiger partial charge in [-0.25, -0.2) is 0 Å². The number of hydrogen-bond acceptors (Lipinski definition) is 4. The molecule has 4 rings (SSSR count). The van der Waals surface area contributed by atoms with Gasteiger partial charge in [0.15, 0.2) is 0 Å². The fourth-order valence-electron chi connectivity index (χ4n) is 9.64. The molecule has 0 saturated heterocycles. The fraction of sp³-hybridized carbons (Fsp3) is 0.933. The molecule has 10 atom stereocenters. The molecule has 3 fully saturated rings. The summed E-state index contributed by atoms with van der Waals surface area (Å²) < 4.78 is 0. The van der Waals surface area contributed by atoms with E-state index in [2.05, 4.69) is 47.6 Å². The number of fused-ring (bicyclic) bond motifs is 5. The molecule has 4 N–H and O–H groups in total. The van der Waals surface area contributed by atoms with Crippen LogP contribution in [0.25, 0.3) is 0 Å². The summed E-state index contributed by atoms with van der Waals surface area (Å²) in [5.74, 6) is 1.74. The summed E-state index contributed by atoms with van der Waals surface area (Å²) in [5, 5.41) is 43.3. The van der Waals surface area contributed by atoms with Crippen LogP contribution in [0.15, 0.2) is 11.6 Å². The van der Waals surface area contributed by atoms with E-state index in [0.717, 1.165) is 32.1 Å². The summed E-state index contributed by atoms with van der Waals surface area (Å²) in [6, 6.07) is 0. The van der Waals surface area contributed by atoms with Crippen LogP contribution in [0.2, 0.25) is 0 Å². The molecule has 4 heteroatoms. The van der Waals surface area contributed by atoms with E-state index in [4.69, 9.17) is 0 Å². The number of aliphatic hydroxyl groups is 4. The van der Waals surface area contributed by atoms with Gasteiger partial charge in [-0.3, -0.25) is 0 Å². The Hall–Kier alpha value is -0.420. The first-order valence-corrected chi connectivity index (χ1v) is 14.0. The third-order valence-corrected chi connectivity index (χ3v) is 12.4. The Morgan fingerprint density at radius 3 is 2.24 bits per heavy atom. The molecule has 4 nitrogen and oxygen atoms in total. The quantitative estimate of drug-likeness (QED) is 0.397. The van der Waals surface area contributed by atoms with Crippen LogP contribution in [0.1, 0.15) is 107 Å². The number of aliphatic hydroxyl groups excluding tert-OH is 3. The van der Waals surface area contributed by atoms with Crippen LogP contribution in [-0.4, -0.2) is 44.3 Å². The van der Waals surface area contributed by atoms with Crippen molar-refractivity contribution in [3.63, 3.8) is 0 Å². The molecule has 0 aliphatic heterocycles. The van der Waals surface area contributed by atoms with Crippen molar-refractivity contribution in [3.8, 4) is 0 Å². The van der Waals surface area contributed by atoms with E-state index in [1.807, 2.05) is 0 Å². The van der Waals surface area contributed by atoms with Gasteiger partial charge in [-0.05, 0) is 99.7 Å². The summed E-state index contributed by atoms with van der Waals surface area (Å²) >= 11 is 0. The zero-order chi connectivity index (χ0) is 25.5. The van der Waals surface area contributed by atoms with Crippen molar-refractivity contribution in [1.82, 2.24) is 0 Å². The Morgan fingerprint density at radius 1 is 0.971 bits per heavy atom. The molecule has 196 valence electrons. The monoisotopic (exact) mass is 476 g/mol. The summed E-state index contributed by atoms with van der Waals surface area (Å²) in [6.07, 6.45) is 8.64. The molecule has 0 aromatic carbocycles. The smallest absolute Gasteiger partial charge is 0.0849 e. The van der Waals surface area contributed by atoms with E-state index in [1.54, 1.807) is 13.8 Å². The molecule has 0 amide bonds. The third kappa shape index (κ3) is 3.60. The lowest BCUT2D eigenvalue weighted by Gasteiger charge is -2.67. The van der Waals surface area contributed by atoms with E-state index >= 15 is 0 Å². The van der Waals surface area contributed by atoms with Gasteiger partial charge in [0.25, 0.3) is 0 Å². The number of allylic oxidation sites excluding steroid dienone is 1. The van der Waals surface area contributed by atoms with E-state index in [0.29, 0.717) is 30.1 Å². The van der Waals surface area contributed by atoms with Gasteiger partial charge in [-0.2, -0.15) is 0 Å². The molecule has 0 heterocycles. The van der Waals surface area contributed by atoms with Gasteiger partial charge in [0.1, 0.15) is 0 Å². The average molecular weight is 477 g/mol. The largest absolute Gasteiger partial charge is 0.393 e. The highest BCUT2D eigenvalue weighted by Crippen LogP contribution is 2.74. The molecule has 34 heavy (non-hydrogen) atoms. The van der Waals surface area contributed by atoms with Crippen molar-refractivity contribution < 1.29 is 20.4 Å². The molecule has 0 unspecified atom stereocenters. The lowest BCUT2D eigenvalue weighted by molar-refractivity contribution is -0.204. The van der Waals surface area contributed by atoms with Crippen LogP contribution in [0.5, 0.6) is 0 Å². The predicted octanol–water partition coefficient (Wildman–Crippen LogP) is 5.47. The summed E-state index contributed by atoms with van der Waals surface area (Å²) in [6.45, 7) is 17.4. The molecule has 4 aliphatic rings. The van der Waals surface area contributed by atoms with Crippen molar-refractivity contribution in [2.45, 2.75) is 131 Å². The number of rotatable bonds is 5. The zero-order valence-corrected chi connectivity index (χ0v) is 23.1. The normalized spacial score (nSPS) is 47.8. The van der Waals surface area contributed by atoms with Crippen LogP contribution in [0.3, 0.4) is 0 Å². The first-order chi connectivity index (χ1) is 15.5. The number of hydrogen-bond donors (Lipinski definition) is 4.